The molecule has 2 aliphatic rings. The highest BCUT2D eigenvalue weighted by atomic mass is 35.5. The van der Waals surface area contributed by atoms with E-state index in [1.165, 1.54) is 0 Å². The van der Waals surface area contributed by atoms with Gasteiger partial charge in [0.05, 0.1) is 17.4 Å². The molecule has 2 fully saturated rings. The van der Waals surface area contributed by atoms with Gasteiger partial charge in [-0.1, -0.05) is 66.8 Å². The molecule has 1 saturated carbocycles. The largest absolute Gasteiger partial charge is 0.334 e. The number of carbonyl (C=O) groups excluding carboxylic acids is 1. The first-order chi connectivity index (χ1) is 12.5. The lowest BCUT2D eigenvalue weighted by Crippen LogP contribution is -2.42. The zero-order chi connectivity index (χ0) is 20.0. The van der Waals surface area contributed by atoms with E-state index in [-0.39, 0.29) is 51.7 Å². The molecule has 1 aromatic rings. The number of sulfone groups is 1. The van der Waals surface area contributed by atoms with Crippen LogP contribution in [0.1, 0.15) is 25.8 Å². The van der Waals surface area contributed by atoms with E-state index in [4.69, 9.17) is 34.8 Å². The van der Waals surface area contributed by atoms with Crippen molar-refractivity contribution in [3.05, 3.63) is 45.4 Å². The maximum absolute atomic E-state index is 13.4. The molecule has 1 amide bonds. The predicted molar refractivity (Wildman–Crippen MR) is 110 cm³/mol. The number of allylic oxidation sites excluding steroid dienone is 1. The molecule has 0 spiro atoms. The van der Waals surface area contributed by atoms with Crippen LogP contribution in [0.3, 0.4) is 0 Å². The number of benzene rings is 1. The summed E-state index contributed by atoms with van der Waals surface area (Å²) in [5.41, 5.74) is 0.528. The fourth-order valence-electron chi connectivity index (χ4n) is 3.99. The lowest BCUT2D eigenvalue weighted by atomic mass is 10.1. The summed E-state index contributed by atoms with van der Waals surface area (Å²) in [5.74, 6) is -0.322. The van der Waals surface area contributed by atoms with Gasteiger partial charge in [0.15, 0.2) is 9.84 Å². The van der Waals surface area contributed by atoms with Crippen LogP contribution >= 0.6 is 34.8 Å². The first-order valence-corrected chi connectivity index (χ1v) is 11.8. The van der Waals surface area contributed by atoms with E-state index in [9.17, 15) is 13.2 Å². The van der Waals surface area contributed by atoms with Gasteiger partial charge in [0, 0.05) is 17.6 Å². The van der Waals surface area contributed by atoms with Crippen molar-refractivity contribution in [2.45, 2.75) is 32.9 Å². The number of hydrogen-bond donors (Lipinski definition) is 0. The summed E-state index contributed by atoms with van der Waals surface area (Å²) in [5, 5.41) is 0.562. The molecule has 1 saturated heterocycles. The Morgan fingerprint density at radius 3 is 2.52 bits per heavy atom. The standard InChI is InChI=1S/C19H22Cl3NO3S/c1-19(2)14(9-16(21)22)17(19)18(24)23(13-7-8-27(25,26)11-13)10-12-5-3-4-6-15(12)20/h3-6,9,13-14,17H,7-8,10-11H2,1-2H3/t13-,14+,17-/m1/s1. The molecule has 8 heteroatoms. The van der Waals surface area contributed by atoms with Crippen LogP contribution in [0, 0.1) is 17.3 Å². The maximum Gasteiger partial charge on any atom is 0.227 e. The average molecular weight is 451 g/mol. The Kier molecular flexibility index (Phi) is 5.89. The van der Waals surface area contributed by atoms with Crippen LogP contribution in [0.15, 0.2) is 34.8 Å². The van der Waals surface area contributed by atoms with Crippen molar-refractivity contribution in [2.24, 2.45) is 17.3 Å². The minimum absolute atomic E-state index is 0.00684. The summed E-state index contributed by atoms with van der Waals surface area (Å²) in [7, 11) is -3.12. The van der Waals surface area contributed by atoms with Crippen LogP contribution in [0.2, 0.25) is 5.02 Å². The number of amides is 1. The van der Waals surface area contributed by atoms with Gasteiger partial charge in [0.25, 0.3) is 0 Å². The summed E-state index contributed by atoms with van der Waals surface area (Å²) >= 11 is 17.9. The third kappa shape index (κ3) is 4.47. The average Bonchev–Trinajstić information content (AvgIpc) is 2.90. The van der Waals surface area contributed by atoms with E-state index < -0.39 is 9.84 Å². The van der Waals surface area contributed by atoms with Crippen LogP contribution in [-0.2, 0) is 21.2 Å². The second-order valence-corrected chi connectivity index (χ2v) is 11.5. The fraction of sp³-hybridized carbons (Fsp3) is 0.526. The molecule has 1 heterocycles. The Bertz CT molecular complexity index is 878. The van der Waals surface area contributed by atoms with Crippen LogP contribution in [0.5, 0.6) is 0 Å². The van der Waals surface area contributed by atoms with Crippen LogP contribution in [0.4, 0.5) is 0 Å². The molecule has 3 atom stereocenters. The van der Waals surface area contributed by atoms with Gasteiger partial charge in [0.1, 0.15) is 4.49 Å². The third-order valence-electron chi connectivity index (χ3n) is 5.71. The van der Waals surface area contributed by atoms with Gasteiger partial charge in [-0.05, 0) is 35.5 Å². The first kappa shape index (κ1) is 21.0. The van der Waals surface area contributed by atoms with E-state index in [1.807, 2.05) is 32.0 Å². The summed E-state index contributed by atoms with van der Waals surface area (Å²) < 4.78 is 24.1. The Labute approximate surface area is 175 Å². The van der Waals surface area contributed by atoms with Crippen molar-refractivity contribution in [1.29, 1.82) is 0 Å². The molecule has 0 bridgehead atoms. The molecule has 148 valence electrons. The van der Waals surface area contributed by atoms with E-state index >= 15 is 0 Å². The Morgan fingerprint density at radius 2 is 1.96 bits per heavy atom. The van der Waals surface area contributed by atoms with Crippen molar-refractivity contribution < 1.29 is 13.2 Å². The van der Waals surface area contributed by atoms with E-state index in [0.717, 1.165) is 5.56 Å². The van der Waals surface area contributed by atoms with Crippen molar-refractivity contribution >= 4 is 50.5 Å². The molecule has 1 aliphatic heterocycles. The second-order valence-electron chi connectivity index (χ2n) is 7.90. The van der Waals surface area contributed by atoms with Gasteiger partial charge in [-0.3, -0.25) is 4.79 Å². The highest BCUT2D eigenvalue weighted by Gasteiger charge is 2.62. The molecule has 1 aromatic carbocycles. The highest BCUT2D eigenvalue weighted by Crippen LogP contribution is 2.60. The Morgan fingerprint density at radius 1 is 1.30 bits per heavy atom. The summed E-state index contributed by atoms with van der Waals surface area (Å²) in [4.78, 5) is 15.1. The van der Waals surface area contributed by atoms with E-state index in [1.54, 1.807) is 17.0 Å². The highest BCUT2D eigenvalue weighted by molar-refractivity contribution is 7.91. The minimum Gasteiger partial charge on any atom is -0.334 e. The fourth-order valence-corrected chi connectivity index (χ4v) is 6.19. The van der Waals surface area contributed by atoms with Gasteiger partial charge < -0.3 is 4.90 Å². The zero-order valence-corrected chi connectivity index (χ0v) is 18.2. The zero-order valence-electron chi connectivity index (χ0n) is 15.2. The molecular weight excluding hydrogens is 429 g/mol. The lowest BCUT2D eigenvalue weighted by molar-refractivity contribution is -0.136. The van der Waals surface area contributed by atoms with Gasteiger partial charge in [0.2, 0.25) is 5.91 Å². The number of halogens is 3. The van der Waals surface area contributed by atoms with Crippen LogP contribution in [0.25, 0.3) is 0 Å². The molecule has 0 radical (unpaired) electrons. The monoisotopic (exact) mass is 449 g/mol. The lowest BCUT2D eigenvalue weighted by Gasteiger charge is -2.29. The SMILES string of the molecule is CC1(C)[C@@H](C=C(Cl)Cl)[C@@H]1C(=O)N(Cc1ccccc1Cl)[C@@H]1CCS(=O)(=O)C1. The molecular formula is C19H22Cl3NO3S. The summed E-state index contributed by atoms with van der Waals surface area (Å²) in [6.45, 7) is 4.27. The molecule has 0 unspecified atom stereocenters. The topological polar surface area (TPSA) is 54.5 Å². The number of hydrogen-bond acceptors (Lipinski definition) is 3. The third-order valence-corrected chi connectivity index (χ3v) is 8.08. The Balaban J connectivity index is 1.89. The van der Waals surface area contributed by atoms with E-state index in [0.29, 0.717) is 11.4 Å². The smallest absolute Gasteiger partial charge is 0.227 e. The van der Waals surface area contributed by atoms with Crippen molar-refractivity contribution in [3.63, 3.8) is 0 Å². The van der Waals surface area contributed by atoms with Crippen molar-refractivity contribution in [2.75, 3.05) is 11.5 Å². The molecule has 4 nitrogen and oxygen atoms in total. The number of nitrogens with zero attached hydrogens (tertiary/aromatic N) is 1. The van der Waals surface area contributed by atoms with Crippen molar-refractivity contribution in [3.8, 4) is 0 Å². The van der Waals surface area contributed by atoms with Crippen molar-refractivity contribution in [1.82, 2.24) is 4.90 Å². The maximum atomic E-state index is 13.4. The van der Waals surface area contributed by atoms with Crippen LogP contribution < -0.4 is 0 Å². The summed E-state index contributed by atoms with van der Waals surface area (Å²) in [6.07, 6.45) is 2.15. The summed E-state index contributed by atoms with van der Waals surface area (Å²) in [6, 6.07) is 6.97. The normalized spacial score (nSPS) is 27.8. The van der Waals surface area contributed by atoms with Gasteiger partial charge in [-0.25, -0.2) is 8.42 Å². The number of rotatable bonds is 5. The van der Waals surface area contributed by atoms with Gasteiger partial charge in [-0.15, -0.1) is 0 Å². The molecule has 1 aliphatic carbocycles. The molecule has 27 heavy (non-hydrogen) atoms. The number of carbonyl (C=O) groups is 1. The minimum atomic E-state index is -3.12. The molecule has 3 rings (SSSR count). The van der Waals surface area contributed by atoms with Gasteiger partial charge >= 0.3 is 0 Å². The molecule has 0 aromatic heterocycles. The second kappa shape index (κ2) is 7.58. The quantitative estimate of drug-likeness (QED) is 0.666. The first-order valence-electron chi connectivity index (χ1n) is 8.80. The Hall–Kier alpha value is -0.750. The van der Waals surface area contributed by atoms with Gasteiger partial charge in [-0.2, -0.15) is 0 Å². The predicted octanol–water partition coefficient (Wildman–Crippen LogP) is 4.45. The van der Waals surface area contributed by atoms with E-state index in [2.05, 4.69) is 0 Å². The van der Waals surface area contributed by atoms with Crippen LogP contribution in [-0.4, -0.2) is 36.8 Å². The molecule has 0 N–H and O–H groups in total.